The lowest BCUT2D eigenvalue weighted by molar-refractivity contribution is -0.123. The summed E-state index contributed by atoms with van der Waals surface area (Å²) < 4.78 is 28.6. The molecule has 0 bridgehead atoms. The van der Waals surface area contributed by atoms with Gasteiger partial charge in [0.1, 0.15) is 12.2 Å². The Morgan fingerprint density at radius 2 is 1.63 bits per heavy atom. The van der Waals surface area contributed by atoms with Crippen LogP contribution in [0, 0.1) is 13.8 Å². The average Bonchev–Trinajstić information content (AvgIpc) is 2.53. The smallest absolute Gasteiger partial charge is 0.275 e. The third kappa shape index (κ3) is 5.43. The Balaban J connectivity index is 2.33. The van der Waals surface area contributed by atoms with E-state index in [1.807, 2.05) is 27.7 Å². The Morgan fingerprint density at radius 1 is 1.04 bits per heavy atom. The fraction of sp³-hybridized carbons (Fsp3) is 0.368. The van der Waals surface area contributed by atoms with Gasteiger partial charge in [0.05, 0.1) is 4.90 Å². The highest BCUT2D eigenvalue weighted by atomic mass is 32.2. The minimum atomic E-state index is -3.90. The molecule has 2 rings (SSSR count). The van der Waals surface area contributed by atoms with E-state index in [0.29, 0.717) is 5.69 Å². The molecule has 0 aliphatic carbocycles. The number of carbonyl (C=O) groups is 1. The van der Waals surface area contributed by atoms with Crippen LogP contribution in [0.3, 0.4) is 0 Å². The Labute approximate surface area is 159 Å². The molecule has 1 aromatic carbocycles. The maximum Gasteiger partial charge on any atom is 0.275 e. The van der Waals surface area contributed by atoms with Crippen LogP contribution in [0.1, 0.15) is 32.0 Å². The minimum Gasteiger partial charge on any atom is -0.350 e. The van der Waals surface area contributed by atoms with Crippen molar-refractivity contribution in [3.05, 3.63) is 58.0 Å². The van der Waals surface area contributed by atoms with E-state index in [1.165, 1.54) is 22.8 Å². The summed E-state index contributed by atoms with van der Waals surface area (Å²) in [5.74, 6) is -0.328. The highest BCUT2D eigenvalue weighted by molar-refractivity contribution is 7.92. The van der Waals surface area contributed by atoms with Crippen LogP contribution in [0.25, 0.3) is 0 Å². The van der Waals surface area contributed by atoms with E-state index >= 15 is 0 Å². The van der Waals surface area contributed by atoms with E-state index in [4.69, 9.17) is 0 Å². The molecule has 1 heterocycles. The van der Waals surface area contributed by atoms with Gasteiger partial charge in [0, 0.05) is 11.2 Å². The molecule has 2 aromatic rings. The second-order valence-corrected chi connectivity index (χ2v) is 9.18. The number of nitrogens with zero attached hydrogens (tertiary/aromatic N) is 1. The van der Waals surface area contributed by atoms with Gasteiger partial charge in [-0.2, -0.15) is 0 Å². The highest BCUT2D eigenvalue weighted by Gasteiger charge is 2.19. The molecule has 0 spiro atoms. The van der Waals surface area contributed by atoms with Gasteiger partial charge in [-0.25, -0.2) is 8.42 Å². The average molecular weight is 391 g/mol. The van der Waals surface area contributed by atoms with Crippen LogP contribution in [0.2, 0.25) is 0 Å². The van der Waals surface area contributed by atoms with Crippen LogP contribution in [0.4, 0.5) is 5.69 Å². The lowest BCUT2D eigenvalue weighted by Crippen LogP contribution is -2.44. The number of hydrogen-bond acceptors (Lipinski definition) is 4. The normalized spacial score (nSPS) is 11.9. The monoisotopic (exact) mass is 391 g/mol. The van der Waals surface area contributed by atoms with E-state index < -0.39 is 21.1 Å². The number of sulfonamides is 1. The first kappa shape index (κ1) is 20.7. The summed E-state index contributed by atoms with van der Waals surface area (Å²) in [7, 11) is -3.90. The van der Waals surface area contributed by atoms with Crippen LogP contribution in [-0.2, 0) is 21.4 Å². The van der Waals surface area contributed by atoms with Crippen molar-refractivity contribution >= 4 is 21.6 Å². The molecule has 0 radical (unpaired) electrons. The second-order valence-electron chi connectivity index (χ2n) is 7.50. The predicted octanol–water partition coefficient (Wildman–Crippen LogP) is 2.18. The SMILES string of the molecule is Cc1ccc(S(=O)(=O)Nc2ccc(C)n(CC(=O)NC(C)(C)C)c2=O)cc1. The molecule has 8 heteroatoms. The summed E-state index contributed by atoms with van der Waals surface area (Å²) in [6.07, 6.45) is 0. The summed E-state index contributed by atoms with van der Waals surface area (Å²) in [6.45, 7) is 8.86. The fourth-order valence-corrected chi connectivity index (χ4v) is 3.52. The van der Waals surface area contributed by atoms with E-state index in [9.17, 15) is 18.0 Å². The zero-order valence-corrected chi connectivity index (χ0v) is 17.0. The van der Waals surface area contributed by atoms with Gasteiger partial charge in [-0.1, -0.05) is 17.7 Å². The highest BCUT2D eigenvalue weighted by Crippen LogP contribution is 2.14. The first-order valence-electron chi connectivity index (χ1n) is 8.50. The Morgan fingerprint density at radius 3 is 2.19 bits per heavy atom. The first-order chi connectivity index (χ1) is 12.4. The van der Waals surface area contributed by atoms with Gasteiger partial charge in [0.15, 0.2) is 0 Å². The quantitative estimate of drug-likeness (QED) is 0.816. The molecular weight excluding hydrogens is 366 g/mol. The molecule has 0 saturated carbocycles. The van der Waals surface area contributed by atoms with Crippen LogP contribution in [0.5, 0.6) is 0 Å². The number of rotatable bonds is 5. The maximum atomic E-state index is 12.7. The van der Waals surface area contributed by atoms with Crippen LogP contribution >= 0.6 is 0 Å². The summed E-state index contributed by atoms with van der Waals surface area (Å²) in [5.41, 5.74) is 0.373. The number of nitrogens with one attached hydrogen (secondary N) is 2. The van der Waals surface area contributed by atoms with Crippen LogP contribution in [0.15, 0.2) is 46.1 Å². The summed E-state index contributed by atoms with van der Waals surface area (Å²) in [4.78, 5) is 24.9. The molecule has 146 valence electrons. The van der Waals surface area contributed by atoms with Crippen molar-refractivity contribution in [2.75, 3.05) is 4.72 Å². The van der Waals surface area contributed by atoms with Gasteiger partial charge < -0.3 is 9.88 Å². The largest absolute Gasteiger partial charge is 0.350 e. The van der Waals surface area contributed by atoms with E-state index in [-0.39, 0.29) is 23.0 Å². The zero-order chi connectivity index (χ0) is 20.4. The maximum absolute atomic E-state index is 12.7. The van der Waals surface area contributed by atoms with Crippen molar-refractivity contribution in [2.24, 2.45) is 0 Å². The molecule has 1 amide bonds. The lowest BCUT2D eigenvalue weighted by Gasteiger charge is -2.21. The molecule has 0 saturated heterocycles. The van der Waals surface area contributed by atoms with Gasteiger partial charge in [-0.15, -0.1) is 0 Å². The Bertz CT molecular complexity index is 1000. The number of benzene rings is 1. The number of amides is 1. The molecule has 7 nitrogen and oxygen atoms in total. The molecule has 0 aliphatic rings. The lowest BCUT2D eigenvalue weighted by atomic mass is 10.1. The first-order valence-corrected chi connectivity index (χ1v) is 9.98. The van der Waals surface area contributed by atoms with Crippen molar-refractivity contribution in [1.29, 1.82) is 0 Å². The molecule has 1 aromatic heterocycles. The van der Waals surface area contributed by atoms with Crippen molar-refractivity contribution < 1.29 is 13.2 Å². The number of carbonyl (C=O) groups excluding carboxylic acids is 1. The van der Waals surface area contributed by atoms with E-state index in [1.54, 1.807) is 25.1 Å². The number of aryl methyl sites for hydroxylation is 2. The minimum absolute atomic E-state index is 0.0603. The van der Waals surface area contributed by atoms with Crippen LogP contribution in [-0.4, -0.2) is 24.4 Å². The van der Waals surface area contributed by atoms with Gasteiger partial charge in [-0.3, -0.25) is 14.3 Å². The molecule has 0 unspecified atom stereocenters. The standard InChI is InChI=1S/C19H25N3O4S/c1-13-6-9-15(10-7-13)27(25,26)21-16-11-8-14(2)22(18(16)24)12-17(23)20-19(3,4)5/h6-11,21H,12H2,1-5H3,(H,20,23). The number of hydrogen-bond donors (Lipinski definition) is 2. The summed E-state index contributed by atoms with van der Waals surface area (Å²) in [5, 5.41) is 2.78. The van der Waals surface area contributed by atoms with Gasteiger partial charge in [-0.05, 0) is 58.9 Å². The molecule has 0 fully saturated rings. The van der Waals surface area contributed by atoms with E-state index in [0.717, 1.165) is 5.56 Å². The second kappa shape index (κ2) is 7.56. The van der Waals surface area contributed by atoms with Gasteiger partial charge in [0.25, 0.3) is 15.6 Å². The van der Waals surface area contributed by atoms with Crippen molar-refractivity contribution in [3.8, 4) is 0 Å². The Kier molecular flexibility index (Phi) is 5.79. The third-order valence-electron chi connectivity index (χ3n) is 3.78. The topological polar surface area (TPSA) is 97.3 Å². The summed E-state index contributed by atoms with van der Waals surface area (Å²) >= 11 is 0. The Hall–Kier alpha value is -2.61. The number of pyridine rings is 1. The van der Waals surface area contributed by atoms with Crippen molar-refractivity contribution in [3.63, 3.8) is 0 Å². The molecule has 2 N–H and O–H groups in total. The van der Waals surface area contributed by atoms with E-state index in [2.05, 4.69) is 10.0 Å². The predicted molar refractivity (Wildman–Crippen MR) is 105 cm³/mol. The number of aromatic nitrogens is 1. The third-order valence-corrected chi connectivity index (χ3v) is 5.17. The molecule has 27 heavy (non-hydrogen) atoms. The number of anilines is 1. The fourth-order valence-electron chi connectivity index (χ4n) is 2.47. The van der Waals surface area contributed by atoms with Crippen molar-refractivity contribution in [1.82, 2.24) is 9.88 Å². The van der Waals surface area contributed by atoms with Gasteiger partial charge in [0.2, 0.25) is 5.91 Å². The van der Waals surface area contributed by atoms with Crippen LogP contribution < -0.4 is 15.6 Å². The molecule has 0 aliphatic heterocycles. The zero-order valence-electron chi connectivity index (χ0n) is 16.2. The summed E-state index contributed by atoms with van der Waals surface area (Å²) in [6, 6.07) is 9.31. The molecular formula is C19H25N3O4S. The van der Waals surface area contributed by atoms with Crippen molar-refractivity contribution in [2.45, 2.75) is 51.6 Å². The van der Waals surface area contributed by atoms with Gasteiger partial charge >= 0.3 is 0 Å². The molecule has 0 atom stereocenters.